The number of aryl methyl sites for hydroxylation is 2. The molecule has 0 spiro atoms. The molecule has 1 aromatic carbocycles. The van der Waals surface area contributed by atoms with E-state index in [0.29, 0.717) is 0 Å². The van der Waals surface area contributed by atoms with Crippen LogP contribution in [0.1, 0.15) is 56.6 Å². The van der Waals surface area contributed by atoms with Crippen LogP contribution in [-0.2, 0) is 9.59 Å². The Labute approximate surface area is 156 Å². The van der Waals surface area contributed by atoms with Crippen molar-refractivity contribution < 1.29 is 9.59 Å². The van der Waals surface area contributed by atoms with Crippen LogP contribution >= 0.6 is 0 Å². The Kier molecular flexibility index (Phi) is 4.32. The number of nitrogens with one attached hydrogen (secondary N) is 2. The number of hydrogen-bond donors (Lipinski definition) is 2. The lowest BCUT2D eigenvalue weighted by molar-refractivity contribution is -0.147. The molecule has 0 unspecified atom stereocenters. The summed E-state index contributed by atoms with van der Waals surface area (Å²) in [6.07, 6.45) is 7.02. The number of rotatable bonds is 4. The molecule has 1 aromatic rings. The molecule has 4 nitrogen and oxygen atoms in total. The van der Waals surface area contributed by atoms with E-state index >= 15 is 0 Å². The maximum Gasteiger partial charge on any atom is 0.246 e. The molecular weight excluding hydrogens is 324 g/mol. The molecule has 140 valence electrons. The fourth-order valence-corrected chi connectivity index (χ4v) is 6.10. The zero-order valence-corrected chi connectivity index (χ0v) is 16.1. The molecular formula is C22H30N2O2. The Morgan fingerprint density at radius 3 is 1.96 bits per heavy atom. The van der Waals surface area contributed by atoms with Crippen LogP contribution in [0, 0.1) is 37.0 Å². The second-order valence-corrected chi connectivity index (χ2v) is 9.26. The summed E-state index contributed by atoms with van der Waals surface area (Å²) < 4.78 is 0. The summed E-state index contributed by atoms with van der Waals surface area (Å²) in [5.41, 5.74) is 2.82. The molecule has 1 atom stereocenters. The number of carbonyl (C=O) groups is 2. The van der Waals surface area contributed by atoms with Crippen molar-refractivity contribution in [2.45, 2.75) is 65.3 Å². The summed E-state index contributed by atoms with van der Waals surface area (Å²) in [5.74, 6) is 2.15. The fraction of sp³-hybridized carbons (Fsp3) is 0.636. The van der Waals surface area contributed by atoms with E-state index in [9.17, 15) is 9.59 Å². The van der Waals surface area contributed by atoms with Gasteiger partial charge in [0.05, 0.1) is 0 Å². The van der Waals surface area contributed by atoms with Crippen molar-refractivity contribution in [3.8, 4) is 0 Å². The zero-order chi connectivity index (χ0) is 18.5. The molecule has 0 saturated heterocycles. The number of hydrogen-bond acceptors (Lipinski definition) is 2. The van der Waals surface area contributed by atoms with Gasteiger partial charge < -0.3 is 10.6 Å². The van der Waals surface area contributed by atoms with Crippen molar-refractivity contribution in [2.75, 3.05) is 5.32 Å². The van der Waals surface area contributed by atoms with E-state index < -0.39 is 6.04 Å². The van der Waals surface area contributed by atoms with Crippen molar-refractivity contribution in [1.82, 2.24) is 5.32 Å². The number of carbonyl (C=O) groups excluding carboxylic acids is 2. The normalized spacial score (nSPS) is 33.0. The van der Waals surface area contributed by atoms with Gasteiger partial charge in [0.2, 0.25) is 11.8 Å². The Bertz CT molecular complexity index is 684. The summed E-state index contributed by atoms with van der Waals surface area (Å²) in [7, 11) is 0. The maximum atomic E-state index is 13.1. The molecule has 0 radical (unpaired) electrons. The van der Waals surface area contributed by atoms with Gasteiger partial charge in [0.15, 0.2) is 0 Å². The van der Waals surface area contributed by atoms with Gasteiger partial charge in [-0.3, -0.25) is 9.59 Å². The zero-order valence-electron chi connectivity index (χ0n) is 16.1. The summed E-state index contributed by atoms with van der Waals surface area (Å²) in [6, 6.07) is 5.47. The van der Waals surface area contributed by atoms with Crippen LogP contribution in [0.15, 0.2) is 18.2 Å². The van der Waals surface area contributed by atoms with Crippen molar-refractivity contribution >= 4 is 17.5 Å². The van der Waals surface area contributed by atoms with Gasteiger partial charge >= 0.3 is 0 Å². The number of anilines is 1. The lowest BCUT2D eigenvalue weighted by atomic mass is 9.49. The van der Waals surface area contributed by atoms with Gasteiger partial charge in [-0.2, -0.15) is 0 Å². The predicted molar refractivity (Wildman–Crippen MR) is 103 cm³/mol. The highest BCUT2D eigenvalue weighted by atomic mass is 16.2. The first-order valence-corrected chi connectivity index (χ1v) is 10.0. The highest BCUT2D eigenvalue weighted by Crippen LogP contribution is 2.60. The van der Waals surface area contributed by atoms with E-state index in [1.165, 1.54) is 19.3 Å². The monoisotopic (exact) mass is 354 g/mol. The first-order valence-electron chi connectivity index (χ1n) is 10.0. The average Bonchev–Trinajstić information content (AvgIpc) is 2.52. The highest BCUT2D eigenvalue weighted by molar-refractivity contribution is 5.97. The molecule has 4 saturated carbocycles. The summed E-state index contributed by atoms with van der Waals surface area (Å²) >= 11 is 0. The molecule has 26 heavy (non-hydrogen) atoms. The smallest absolute Gasteiger partial charge is 0.246 e. The number of amides is 2. The van der Waals surface area contributed by atoms with Gasteiger partial charge in [-0.05, 0) is 100 Å². The molecule has 4 aliphatic carbocycles. The maximum absolute atomic E-state index is 13.1. The lowest BCUT2D eigenvalue weighted by Crippen LogP contribution is -2.56. The van der Waals surface area contributed by atoms with Gasteiger partial charge in [0, 0.05) is 11.1 Å². The molecule has 2 amide bonds. The van der Waals surface area contributed by atoms with E-state index in [4.69, 9.17) is 0 Å². The molecule has 4 bridgehead atoms. The third kappa shape index (κ3) is 3.26. The Morgan fingerprint density at radius 1 is 0.962 bits per heavy atom. The minimum atomic E-state index is -0.517. The minimum absolute atomic E-state index is 0.111. The minimum Gasteiger partial charge on any atom is -0.344 e. The molecule has 4 aliphatic rings. The van der Waals surface area contributed by atoms with Crippen LogP contribution < -0.4 is 10.6 Å². The lowest BCUT2D eigenvalue weighted by Gasteiger charge is -2.55. The van der Waals surface area contributed by atoms with Crippen molar-refractivity contribution in [3.05, 3.63) is 29.3 Å². The molecule has 0 aliphatic heterocycles. The van der Waals surface area contributed by atoms with Crippen LogP contribution in [0.5, 0.6) is 0 Å². The summed E-state index contributed by atoms with van der Waals surface area (Å²) in [5, 5.41) is 5.98. The van der Waals surface area contributed by atoms with E-state index in [0.717, 1.165) is 53.8 Å². The van der Waals surface area contributed by atoms with Crippen LogP contribution in [0.2, 0.25) is 0 Å². The van der Waals surface area contributed by atoms with Crippen molar-refractivity contribution in [2.24, 2.45) is 23.2 Å². The van der Waals surface area contributed by atoms with E-state index in [2.05, 4.69) is 16.7 Å². The van der Waals surface area contributed by atoms with Crippen molar-refractivity contribution in [3.63, 3.8) is 0 Å². The van der Waals surface area contributed by atoms with Crippen molar-refractivity contribution in [1.29, 1.82) is 0 Å². The number of benzene rings is 1. The largest absolute Gasteiger partial charge is 0.344 e. The topological polar surface area (TPSA) is 58.2 Å². The highest BCUT2D eigenvalue weighted by Gasteiger charge is 2.54. The molecule has 0 heterocycles. The van der Waals surface area contributed by atoms with Crippen LogP contribution in [-0.4, -0.2) is 17.9 Å². The third-order valence-electron chi connectivity index (χ3n) is 6.75. The second-order valence-electron chi connectivity index (χ2n) is 9.26. The summed E-state index contributed by atoms with van der Waals surface area (Å²) in [4.78, 5) is 25.7. The van der Waals surface area contributed by atoms with E-state index in [1.54, 1.807) is 6.92 Å². The van der Waals surface area contributed by atoms with Crippen LogP contribution in [0.25, 0.3) is 0 Å². The Balaban J connectivity index is 1.40. The SMILES string of the molecule is Cc1cc(C)cc(NC(=O)[C@@H](C)NC(=O)C23CC4CC(CC(C4)C2)C3)c1. The van der Waals surface area contributed by atoms with Crippen LogP contribution in [0.3, 0.4) is 0 Å². The summed E-state index contributed by atoms with van der Waals surface area (Å²) in [6.45, 7) is 5.82. The third-order valence-corrected chi connectivity index (χ3v) is 6.75. The first-order chi connectivity index (χ1) is 12.3. The molecule has 0 aromatic heterocycles. The predicted octanol–water partition coefficient (Wildman–Crippen LogP) is 3.96. The quantitative estimate of drug-likeness (QED) is 0.860. The molecule has 4 fully saturated rings. The standard InChI is InChI=1S/C22H30N2O2/c1-13-4-14(2)6-19(5-13)24-20(25)15(3)23-21(26)22-10-16-7-17(11-22)9-18(8-16)12-22/h4-6,15-18H,7-12H2,1-3H3,(H,23,26)(H,24,25)/t15-,16?,17?,18?,22?/m1/s1. The molecule has 2 N–H and O–H groups in total. The van der Waals surface area contributed by atoms with E-state index in [1.807, 2.05) is 26.0 Å². The van der Waals surface area contributed by atoms with Gasteiger partial charge in [0.1, 0.15) is 6.04 Å². The fourth-order valence-electron chi connectivity index (χ4n) is 6.10. The van der Waals surface area contributed by atoms with Gasteiger partial charge in [-0.15, -0.1) is 0 Å². The Morgan fingerprint density at radius 2 is 1.46 bits per heavy atom. The van der Waals surface area contributed by atoms with E-state index in [-0.39, 0.29) is 17.2 Å². The van der Waals surface area contributed by atoms with Gasteiger partial charge in [0.25, 0.3) is 0 Å². The van der Waals surface area contributed by atoms with Gasteiger partial charge in [-0.1, -0.05) is 6.07 Å². The average molecular weight is 354 g/mol. The van der Waals surface area contributed by atoms with Crippen LogP contribution in [0.4, 0.5) is 5.69 Å². The second kappa shape index (κ2) is 6.40. The Hall–Kier alpha value is -1.84. The molecule has 5 rings (SSSR count). The molecule has 4 heteroatoms. The first kappa shape index (κ1) is 17.6. The van der Waals surface area contributed by atoms with Gasteiger partial charge in [-0.25, -0.2) is 0 Å².